The number of carbonyl (C=O) groups is 3. The standard InChI is InChI=1S/C10H16O5/c1-6(2)14-8(12)7(11)9(13)15-10(3,4)5/h6H,1-5H3. The van der Waals surface area contributed by atoms with Gasteiger partial charge in [-0.1, -0.05) is 0 Å². The molecule has 0 aliphatic rings. The van der Waals surface area contributed by atoms with Crippen molar-refractivity contribution in [2.75, 3.05) is 0 Å². The van der Waals surface area contributed by atoms with Crippen LogP contribution in [0.4, 0.5) is 0 Å². The zero-order valence-electron chi connectivity index (χ0n) is 9.62. The molecule has 15 heavy (non-hydrogen) atoms. The fraction of sp³-hybridized carbons (Fsp3) is 0.700. The summed E-state index contributed by atoms with van der Waals surface area (Å²) >= 11 is 0. The third kappa shape index (κ3) is 5.83. The Kier molecular flexibility index (Phi) is 4.45. The average molecular weight is 216 g/mol. The Balaban J connectivity index is 4.34. The summed E-state index contributed by atoms with van der Waals surface area (Å²) in [6.07, 6.45) is -0.441. The molecule has 0 rings (SSSR count). The first kappa shape index (κ1) is 13.6. The van der Waals surface area contributed by atoms with Gasteiger partial charge in [0, 0.05) is 0 Å². The van der Waals surface area contributed by atoms with Gasteiger partial charge < -0.3 is 9.47 Å². The van der Waals surface area contributed by atoms with Crippen LogP contribution in [0.1, 0.15) is 34.6 Å². The molecule has 0 N–H and O–H groups in total. The van der Waals surface area contributed by atoms with Crippen LogP contribution in [0.15, 0.2) is 0 Å². The molecule has 5 nitrogen and oxygen atoms in total. The summed E-state index contributed by atoms with van der Waals surface area (Å²) in [5, 5.41) is 0. The van der Waals surface area contributed by atoms with E-state index >= 15 is 0 Å². The summed E-state index contributed by atoms with van der Waals surface area (Å²) in [5.41, 5.74) is -0.801. The molecule has 0 aromatic rings. The van der Waals surface area contributed by atoms with E-state index in [2.05, 4.69) is 4.74 Å². The van der Waals surface area contributed by atoms with Crippen molar-refractivity contribution in [3.05, 3.63) is 0 Å². The van der Waals surface area contributed by atoms with Crippen LogP contribution in [-0.2, 0) is 23.9 Å². The molecule has 0 aliphatic carbocycles. The highest BCUT2D eigenvalue weighted by molar-refractivity contribution is 6.60. The molecule has 0 spiro atoms. The lowest BCUT2D eigenvalue weighted by Gasteiger charge is -2.18. The Morgan fingerprint density at radius 1 is 1.00 bits per heavy atom. The maximum Gasteiger partial charge on any atom is 0.387 e. The molecule has 0 bridgehead atoms. The Bertz CT molecular complexity index is 272. The zero-order valence-corrected chi connectivity index (χ0v) is 9.62. The lowest BCUT2D eigenvalue weighted by molar-refractivity contribution is -0.170. The predicted octanol–water partition coefficient (Wildman–Crippen LogP) is 0.849. The van der Waals surface area contributed by atoms with Crippen LogP contribution in [0.3, 0.4) is 0 Å². The summed E-state index contributed by atoms with van der Waals surface area (Å²) < 4.78 is 9.27. The minimum absolute atomic E-state index is 0.441. The topological polar surface area (TPSA) is 69.7 Å². The lowest BCUT2D eigenvalue weighted by Crippen LogP contribution is -2.34. The van der Waals surface area contributed by atoms with Crippen molar-refractivity contribution in [2.24, 2.45) is 0 Å². The number of ether oxygens (including phenoxy) is 2. The molecular formula is C10H16O5. The van der Waals surface area contributed by atoms with Crippen LogP contribution in [0.2, 0.25) is 0 Å². The molecule has 0 atom stereocenters. The Morgan fingerprint density at radius 2 is 1.47 bits per heavy atom. The zero-order chi connectivity index (χ0) is 12.2. The third-order valence-electron chi connectivity index (χ3n) is 1.11. The van der Waals surface area contributed by atoms with Crippen molar-refractivity contribution in [3.8, 4) is 0 Å². The van der Waals surface area contributed by atoms with Gasteiger partial charge in [0.1, 0.15) is 5.60 Å². The number of hydrogen-bond acceptors (Lipinski definition) is 5. The largest absolute Gasteiger partial charge is 0.457 e. The van der Waals surface area contributed by atoms with Crippen molar-refractivity contribution < 1.29 is 23.9 Å². The van der Waals surface area contributed by atoms with Crippen molar-refractivity contribution in [3.63, 3.8) is 0 Å². The molecule has 0 saturated heterocycles. The first-order valence-electron chi connectivity index (χ1n) is 4.62. The number of carbonyl (C=O) groups excluding carboxylic acids is 3. The van der Waals surface area contributed by atoms with Gasteiger partial charge in [-0.2, -0.15) is 0 Å². The summed E-state index contributed by atoms with van der Waals surface area (Å²) in [4.78, 5) is 33.2. The van der Waals surface area contributed by atoms with Crippen LogP contribution in [0, 0.1) is 0 Å². The maximum atomic E-state index is 11.1. The van der Waals surface area contributed by atoms with E-state index in [-0.39, 0.29) is 0 Å². The van der Waals surface area contributed by atoms with Crippen molar-refractivity contribution in [1.29, 1.82) is 0 Å². The number of rotatable bonds is 3. The van der Waals surface area contributed by atoms with Crippen LogP contribution in [-0.4, -0.2) is 29.4 Å². The van der Waals surface area contributed by atoms with Gasteiger partial charge in [-0.3, -0.25) is 4.79 Å². The molecule has 0 heterocycles. The molecule has 0 aromatic heterocycles. The van der Waals surface area contributed by atoms with E-state index in [1.54, 1.807) is 34.6 Å². The highest BCUT2D eigenvalue weighted by atomic mass is 16.6. The van der Waals surface area contributed by atoms with E-state index in [1.165, 1.54) is 0 Å². The predicted molar refractivity (Wildman–Crippen MR) is 52.1 cm³/mol. The van der Waals surface area contributed by atoms with Gasteiger partial charge >= 0.3 is 17.7 Å². The number of Topliss-reactive ketones (excluding diaryl/α,β-unsaturated/α-hetero) is 1. The van der Waals surface area contributed by atoms with Gasteiger partial charge in [-0.15, -0.1) is 0 Å². The minimum Gasteiger partial charge on any atom is -0.457 e. The van der Waals surface area contributed by atoms with Gasteiger partial charge in [0.15, 0.2) is 0 Å². The highest BCUT2D eigenvalue weighted by Crippen LogP contribution is 2.07. The molecule has 0 radical (unpaired) electrons. The Morgan fingerprint density at radius 3 is 1.80 bits per heavy atom. The molecule has 0 amide bonds. The Hall–Kier alpha value is -1.39. The summed E-state index contributed by atoms with van der Waals surface area (Å²) in [7, 11) is 0. The second-order valence-corrected chi connectivity index (χ2v) is 4.29. The summed E-state index contributed by atoms with van der Waals surface area (Å²) in [5.74, 6) is -3.65. The van der Waals surface area contributed by atoms with Crippen LogP contribution < -0.4 is 0 Å². The third-order valence-corrected chi connectivity index (χ3v) is 1.11. The monoisotopic (exact) mass is 216 g/mol. The molecule has 0 saturated carbocycles. The van der Waals surface area contributed by atoms with Crippen LogP contribution in [0.25, 0.3) is 0 Å². The van der Waals surface area contributed by atoms with Crippen LogP contribution >= 0.6 is 0 Å². The first-order valence-corrected chi connectivity index (χ1v) is 4.62. The van der Waals surface area contributed by atoms with E-state index in [0.29, 0.717) is 0 Å². The van der Waals surface area contributed by atoms with Crippen LogP contribution in [0.5, 0.6) is 0 Å². The highest BCUT2D eigenvalue weighted by Gasteiger charge is 2.30. The molecular weight excluding hydrogens is 200 g/mol. The second-order valence-electron chi connectivity index (χ2n) is 4.29. The average Bonchev–Trinajstić information content (AvgIpc) is 1.98. The molecule has 0 aliphatic heterocycles. The summed E-state index contributed by atoms with van der Waals surface area (Å²) in [6.45, 7) is 7.98. The van der Waals surface area contributed by atoms with E-state index in [4.69, 9.17) is 4.74 Å². The maximum absolute atomic E-state index is 11.1. The first-order chi connectivity index (χ1) is 6.63. The molecule has 0 unspecified atom stereocenters. The van der Waals surface area contributed by atoms with E-state index in [9.17, 15) is 14.4 Å². The fourth-order valence-corrected chi connectivity index (χ4v) is 0.675. The number of ketones is 1. The lowest BCUT2D eigenvalue weighted by atomic mass is 10.2. The Labute approximate surface area is 88.7 Å². The molecule has 0 fully saturated rings. The number of hydrogen-bond donors (Lipinski definition) is 0. The SMILES string of the molecule is CC(C)OC(=O)C(=O)C(=O)OC(C)(C)C. The smallest absolute Gasteiger partial charge is 0.387 e. The van der Waals surface area contributed by atoms with Crippen molar-refractivity contribution in [2.45, 2.75) is 46.3 Å². The van der Waals surface area contributed by atoms with Gasteiger partial charge in [0.25, 0.3) is 0 Å². The molecule has 86 valence electrons. The van der Waals surface area contributed by atoms with Crippen molar-refractivity contribution in [1.82, 2.24) is 0 Å². The normalized spacial score (nSPS) is 11.1. The van der Waals surface area contributed by atoms with Gasteiger partial charge in [-0.05, 0) is 34.6 Å². The van der Waals surface area contributed by atoms with Gasteiger partial charge in [-0.25, -0.2) is 9.59 Å². The molecule has 5 heteroatoms. The molecule has 0 aromatic carbocycles. The van der Waals surface area contributed by atoms with E-state index in [0.717, 1.165) is 0 Å². The quantitative estimate of drug-likeness (QED) is 0.397. The summed E-state index contributed by atoms with van der Waals surface area (Å²) in [6, 6.07) is 0. The van der Waals surface area contributed by atoms with E-state index < -0.39 is 29.4 Å². The van der Waals surface area contributed by atoms with Gasteiger partial charge in [0.05, 0.1) is 6.10 Å². The van der Waals surface area contributed by atoms with E-state index in [1.807, 2.05) is 0 Å². The second kappa shape index (κ2) is 4.91. The van der Waals surface area contributed by atoms with Crippen molar-refractivity contribution >= 4 is 17.7 Å². The van der Waals surface area contributed by atoms with Gasteiger partial charge in [0.2, 0.25) is 0 Å². The number of esters is 2. The fourth-order valence-electron chi connectivity index (χ4n) is 0.675. The minimum atomic E-state index is -1.28.